The fourth-order valence-corrected chi connectivity index (χ4v) is 2.83. The summed E-state index contributed by atoms with van der Waals surface area (Å²) in [4.78, 5) is 16.6. The minimum absolute atomic E-state index is 0.101. The van der Waals surface area contributed by atoms with E-state index in [-0.39, 0.29) is 11.7 Å². The van der Waals surface area contributed by atoms with Gasteiger partial charge in [-0.15, -0.1) is 0 Å². The highest BCUT2D eigenvalue weighted by atomic mass is 19.1. The van der Waals surface area contributed by atoms with Crippen LogP contribution >= 0.6 is 0 Å². The fraction of sp³-hybridized carbons (Fsp3) is 0.350. The molecule has 1 amide bonds. The summed E-state index contributed by atoms with van der Waals surface area (Å²) < 4.78 is 13.2. The first kappa shape index (κ1) is 19.1. The van der Waals surface area contributed by atoms with Gasteiger partial charge in [-0.3, -0.25) is 9.69 Å². The lowest BCUT2D eigenvalue weighted by Crippen LogP contribution is -2.37. The van der Waals surface area contributed by atoms with E-state index in [4.69, 9.17) is 0 Å². The van der Waals surface area contributed by atoms with Crippen LogP contribution in [0.25, 0.3) is 0 Å². The van der Waals surface area contributed by atoms with Gasteiger partial charge in [0.25, 0.3) is 0 Å². The molecule has 0 heterocycles. The van der Waals surface area contributed by atoms with Crippen molar-refractivity contribution < 1.29 is 9.18 Å². The Morgan fingerprint density at radius 1 is 1.00 bits per heavy atom. The summed E-state index contributed by atoms with van der Waals surface area (Å²) in [5, 5.41) is 3.01. The Kier molecular flexibility index (Phi) is 6.67. The molecule has 2 aromatic rings. The van der Waals surface area contributed by atoms with Crippen LogP contribution in [-0.4, -0.2) is 43.9 Å². The van der Waals surface area contributed by atoms with Gasteiger partial charge in [-0.1, -0.05) is 36.4 Å². The van der Waals surface area contributed by atoms with Gasteiger partial charge in [-0.05, 0) is 57.0 Å². The summed E-state index contributed by atoms with van der Waals surface area (Å²) in [5.74, 6) is -0.407. The lowest BCUT2D eigenvalue weighted by Gasteiger charge is -2.24. The van der Waals surface area contributed by atoms with Gasteiger partial charge in [0.2, 0.25) is 5.91 Å². The molecule has 0 aromatic heterocycles. The van der Waals surface area contributed by atoms with Crippen LogP contribution < -0.4 is 5.32 Å². The molecule has 25 heavy (non-hydrogen) atoms. The lowest BCUT2D eigenvalue weighted by atomic mass is 10.0. The van der Waals surface area contributed by atoms with Crippen LogP contribution in [0.1, 0.15) is 22.7 Å². The van der Waals surface area contributed by atoms with E-state index in [9.17, 15) is 9.18 Å². The van der Waals surface area contributed by atoms with Crippen molar-refractivity contribution in [2.24, 2.45) is 0 Å². The molecule has 0 aliphatic rings. The Bertz CT molecular complexity index is 698. The average Bonchev–Trinajstić information content (AvgIpc) is 2.55. The molecule has 2 aromatic carbocycles. The summed E-state index contributed by atoms with van der Waals surface area (Å²) in [7, 11) is 7.72. The van der Waals surface area contributed by atoms with E-state index >= 15 is 0 Å². The van der Waals surface area contributed by atoms with Crippen LogP contribution in [0.5, 0.6) is 0 Å². The third-order valence-corrected chi connectivity index (χ3v) is 4.01. The Morgan fingerprint density at radius 2 is 1.60 bits per heavy atom. The van der Waals surface area contributed by atoms with Gasteiger partial charge in [0.05, 0.1) is 0 Å². The lowest BCUT2D eigenvalue weighted by molar-refractivity contribution is -0.125. The van der Waals surface area contributed by atoms with E-state index in [1.54, 1.807) is 12.1 Å². The minimum Gasteiger partial charge on any atom is -0.350 e. The number of hydrogen-bond acceptors (Lipinski definition) is 3. The normalized spacial score (nSPS) is 12.4. The number of nitrogens with zero attached hydrogens (tertiary/aromatic N) is 2. The maximum atomic E-state index is 13.2. The number of carbonyl (C=O) groups excluding carboxylic acids is 1. The van der Waals surface area contributed by atoms with Gasteiger partial charge >= 0.3 is 0 Å². The third kappa shape index (κ3) is 5.37. The zero-order valence-electron chi connectivity index (χ0n) is 15.3. The van der Waals surface area contributed by atoms with Gasteiger partial charge < -0.3 is 10.2 Å². The molecule has 0 aliphatic carbocycles. The van der Waals surface area contributed by atoms with Crippen LogP contribution in [0.15, 0.2) is 48.5 Å². The van der Waals surface area contributed by atoms with Crippen LogP contribution in [0.2, 0.25) is 0 Å². The number of carbonyl (C=O) groups is 1. The van der Waals surface area contributed by atoms with E-state index < -0.39 is 6.04 Å². The van der Waals surface area contributed by atoms with Gasteiger partial charge in [0.15, 0.2) is 0 Å². The highest BCUT2D eigenvalue weighted by Gasteiger charge is 2.22. The fourth-order valence-electron chi connectivity index (χ4n) is 2.83. The van der Waals surface area contributed by atoms with Gasteiger partial charge in [-0.2, -0.15) is 0 Å². The van der Waals surface area contributed by atoms with Crippen LogP contribution in [0.4, 0.5) is 4.39 Å². The quantitative estimate of drug-likeness (QED) is 0.840. The molecule has 0 aliphatic heterocycles. The van der Waals surface area contributed by atoms with E-state index in [1.807, 2.05) is 51.3 Å². The van der Waals surface area contributed by atoms with E-state index in [0.29, 0.717) is 6.54 Å². The van der Waals surface area contributed by atoms with Gasteiger partial charge in [0, 0.05) is 13.1 Å². The molecule has 1 N–H and O–H groups in total. The second kappa shape index (κ2) is 8.74. The number of likely N-dealkylation sites (N-methyl/N-ethyl adjacent to an activating group) is 1. The van der Waals surface area contributed by atoms with E-state index in [0.717, 1.165) is 17.7 Å². The molecule has 5 heteroatoms. The van der Waals surface area contributed by atoms with Crippen molar-refractivity contribution in [1.29, 1.82) is 0 Å². The van der Waals surface area contributed by atoms with Crippen LogP contribution in [0, 0.1) is 5.82 Å². The molecule has 0 saturated carbocycles. The Balaban J connectivity index is 2.11. The van der Waals surface area contributed by atoms with Crippen molar-refractivity contribution in [1.82, 2.24) is 15.1 Å². The molecule has 1 atom stereocenters. The van der Waals surface area contributed by atoms with Crippen molar-refractivity contribution in [3.8, 4) is 0 Å². The molecule has 0 unspecified atom stereocenters. The van der Waals surface area contributed by atoms with Gasteiger partial charge in [0.1, 0.15) is 11.9 Å². The maximum absolute atomic E-state index is 13.2. The van der Waals surface area contributed by atoms with Crippen molar-refractivity contribution in [2.45, 2.75) is 19.1 Å². The Labute approximate surface area is 149 Å². The zero-order valence-corrected chi connectivity index (χ0v) is 15.3. The van der Waals surface area contributed by atoms with E-state index in [1.165, 1.54) is 17.7 Å². The predicted molar refractivity (Wildman–Crippen MR) is 98.5 cm³/mol. The van der Waals surface area contributed by atoms with Crippen LogP contribution in [0.3, 0.4) is 0 Å². The molecule has 0 saturated heterocycles. The third-order valence-electron chi connectivity index (χ3n) is 4.01. The average molecular weight is 343 g/mol. The monoisotopic (exact) mass is 343 g/mol. The SMILES string of the molecule is CN(C)Cc1ccccc1CNC(=O)[C@H](c1ccc(F)cc1)N(C)C. The second-order valence-electron chi connectivity index (χ2n) is 6.64. The molecule has 4 nitrogen and oxygen atoms in total. The summed E-state index contributed by atoms with van der Waals surface area (Å²) in [6.07, 6.45) is 0. The standard InChI is InChI=1S/C20H26FN3O/c1-23(2)14-17-8-6-5-7-16(17)13-22-20(25)19(24(3)4)15-9-11-18(21)12-10-15/h5-12,19H,13-14H2,1-4H3,(H,22,25)/t19-/m0/s1. The number of amides is 1. The van der Waals surface area contributed by atoms with Crippen molar-refractivity contribution in [3.63, 3.8) is 0 Å². The first-order valence-corrected chi connectivity index (χ1v) is 8.29. The molecule has 0 bridgehead atoms. The first-order chi connectivity index (χ1) is 11.9. The van der Waals surface area contributed by atoms with Crippen molar-refractivity contribution >= 4 is 5.91 Å². The number of hydrogen-bond donors (Lipinski definition) is 1. The minimum atomic E-state index is -0.457. The molecule has 0 fully saturated rings. The molecule has 2 rings (SSSR count). The van der Waals surface area contributed by atoms with Crippen molar-refractivity contribution in [3.05, 3.63) is 71.0 Å². The highest BCUT2D eigenvalue weighted by molar-refractivity contribution is 5.83. The molecule has 0 radical (unpaired) electrons. The van der Waals surface area contributed by atoms with E-state index in [2.05, 4.69) is 16.3 Å². The number of benzene rings is 2. The largest absolute Gasteiger partial charge is 0.350 e. The van der Waals surface area contributed by atoms with Crippen molar-refractivity contribution in [2.75, 3.05) is 28.2 Å². The summed E-state index contributed by atoms with van der Waals surface area (Å²) in [5.41, 5.74) is 3.06. The zero-order chi connectivity index (χ0) is 18.4. The summed E-state index contributed by atoms with van der Waals surface area (Å²) in [6, 6.07) is 13.7. The maximum Gasteiger partial charge on any atom is 0.242 e. The predicted octanol–water partition coefficient (Wildman–Crippen LogP) is 2.81. The molecule has 134 valence electrons. The first-order valence-electron chi connectivity index (χ1n) is 8.29. The van der Waals surface area contributed by atoms with Gasteiger partial charge in [-0.25, -0.2) is 4.39 Å². The van der Waals surface area contributed by atoms with Crippen LogP contribution in [-0.2, 0) is 17.9 Å². The highest BCUT2D eigenvalue weighted by Crippen LogP contribution is 2.19. The number of nitrogens with one attached hydrogen (secondary N) is 1. The second-order valence-corrected chi connectivity index (χ2v) is 6.64. The topological polar surface area (TPSA) is 35.6 Å². The summed E-state index contributed by atoms with van der Waals surface area (Å²) in [6.45, 7) is 1.29. The molecule has 0 spiro atoms. The summed E-state index contributed by atoms with van der Waals surface area (Å²) >= 11 is 0. The number of halogens is 1. The Morgan fingerprint density at radius 3 is 2.16 bits per heavy atom. The Hall–Kier alpha value is -2.24. The molecular weight excluding hydrogens is 317 g/mol. The number of rotatable bonds is 7. The smallest absolute Gasteiger partial charge is 0.242 e. The molecular formula is C20H26FN3O.